The highest BCUT2D eigenvalue weighted by molar-refractivity contribution is 5.81. The summed E-state index contributed by atoms with van der Waals surface area (Å²) in [6.45, 7) is 6.05. The maximum atomic E-state index is 12.4. The van der Waals surface area contributed by atoms with Gasteiger partial charge in [0.25, 0.3) is 11.5 Å². The molecule has 1 aromatic heterocycles. The minimum Gasteiger partial charge on any atom is -0.493 e. The van der Waals surface area contributed by atoms with Gasteiger partial charge in [-0.1, -0.05) is 26.0 Å². The number of aromatic nitrogens is 2. The number of nitrogens with zero attached hydrogens (tertiary/aromatic N) is 1. The van der Waals surface area contributed by atoms with Crippen LogP contribution in [0.3, 0.4) is 0 Å². The van der Waals surface area contributed by atoms with Gasteiger partial charge in [-0.2, -0.15) is 0 Å². The summed E-state index contributed by atoms with van der Waals surface area (Å²) in [7, 11) is 0. The van der Waals surface area contributed by atoms with E-state index in [-0.39, 0.29) is 24.2 Å². The first-order valence-electron chi connectivity index (χ1n) is 8.15. The summed E-state index contributed by atoms with van der Waals surface area (Å²) in [6.07, 6.45) is -0.331. The Kier molecular flexibility index (Phi) is 6.16. The zero-order valence-corrected chi connectivity index (χ0v) is 14.6. The summed E-state index contributed by atoms with van der Waals surface area (Å²) in [6, 6.07) is 8.53. The lowest BCUT2D eigenvalue weighted by molar-refractivity contribution is -0.129. The van der Waals surface area contributed by atoms with Crippen molar-refractivity contribution in [1.82, 2.24) is 15.3 Å². The van der Waals surface area contributed by atoms with Gasteiger partial charge in [-0.15, -0.1) is 0 Å². The Balaban J connectivity index is 1.95. The standard InChI is InChI=1S/C18H23N3O4/c1-11(2)17(25-13-6-4-5-12(3)9-13)18(24)19-8-7-14-20-15(22)10-16(23)21-14/h4-6,9-11,17H,7-8H2,1-3H3,(H,19,24)(H2,20,21,22,23)/t17-/m0/s1. The molecule has 0 aliphatic carbocycles. The molecule has 3 N–H and O–H groups in total. The second-order valence-corrected chi connectivity index (χ2v) is 6.19. The minimum absolute atomic E-state index is 0.0146. The maximum Gasteiger partial charge on any atom is 0.261 e. The number of aromatic hydroxyl groups is 1. The largest absolute Gasteiger partial charge is 0.493 e. The SMILES string of the molecule is Cc1cccc(O[C@H](C(=O)NCCc2nc(O)cc(=O)[nH]2)C(C)C)c1. The Morgan fingerprint density at radius 3 is 2.76 bits per heavy atom. The highest BCUT2D eigenvalue weighted by atomic mass is 16.5. The van der Waals surface area contributed by atoms with Gasteiger partial charge in [-0.05, 0) is 30.5 Å². The number of aryl methyl sites for hydroxylation is 1. The van der Waals surface area contributed by atoms with Gasteiger partial charge in [0.15, 0.2) is 6.10 Å². The number of carbonyl (C=O) groups is 1. The van der Waals surface area contributed by atoms with Gasteiger partial charge in [0.1, 0.15) is 11.6 Å². The van der Waals surface area contributed by atoms with Crippen LogP contribution in [0.2, 0.25) is 0 Å². The molecule has 0 radical (unpaired) electrons. The van der Waals surface area contributed by atoms with Crippen LogP contribution in [-0.4, -0.2) is 33.6 Å². The third-order valence-corrected chi connectivity index (χ3v) is 3.55. The number of hydrogen-bond donors (Lipinski definition) is 3. The molecule has 0 spiro atoms. The molecule has 0 aliphatic heterocycles. The van der Waals surface area contributed by atoms with Gasteiger partial charge >= 0.3 is 0 Å². The normalized spacial score (nSPS) is 12.0. The lowest BCUT2D eigenvalue weighted by atomic mass is 10.1. The summed E-state index contributed by atoms with van der Waals surface area (Å²) >= 11 is 0. The van der Waals surface area contributed by atoms with Gasteiger partial charge in [0.2, 0.25) is 5.88 Å². The average Bonchev–Trinajstić information content (AvgIpc) is 2.51. The lowest BCUT2D eigenvalue weighted by Crippen LogP contribution is -2.42. The summed E-state index contributed by atoms with van der Waals surface area (Å²) in [5.74, 6) is 0.366. The number of aromatic amines is 1. The number of rotatable bonds is 7. The number of hydrogen-bond acceptors (Lipinski definition) is 5. The smallest absolute Gasteiger partial charge is 0.261 e. The van der Waals surface area contributed by atoms with Crippen LogP contribution in [-0.2, 0) is 11.2 Å². The topological polar surface area (TPSA) is 104 Å². The predicted molar refractivity (Wildman–Crippen MR) is 93.7 cm³/mol. The predicted octanol–water partition coefficient (Wildman–Crippen LogP) is 1.55. The molecule has 0 aliphatic rings. The molecule has 7 heteroatoms. The van der Waals surface area contributed by atoms with Crippen molar-refractivity contribution < 1.29 is 14.6 Å². The van der Waals surface area contributed by atoms with Crippen LogP contribution in [0.4, 0.5) is 0 Å². The van der Waals surface area contributed by atoms with E-state index in [1.807, 2.05) is 45.0 Å². The minimum atomic E-state index is -0.627. The fraction of sp³-hybridized carbons (Fsp3) is 0.389. The highest BCUT2D eigenvalue weighted by Gasteiger charge is 2.24. The number of benzene rings is 1. The summed E-state index contributed by atoms with van der Waals surface area (Å²) in [4.78, 5) is 30.0. The lowest BCUT2D eigenvalue weighted by Gasteiger charge is -2.22. The summed E-state index contributed by atoms with van der Waals surface area (Å²) < 4.78 is 5.83. The van der Waals surface area contributed by atoms with Crippen molar-refractivity contribution in [3.63, 3.8) is 0 Å². The molecule has 1 atom stereocenters. The van der Waals surface area contributed by atoms with Crippen LogP contribution < -0.4 is 15.6 Å². The van der Waals surface area contributed by atoms with E-state index < -0.39 is 11.7 Å². The number of nitrogens with one attached hydrogen (secondary N) is 2. The van der Waals surface area contributed by atoms with Gasteiger partial charge < -0.3 is 20.1 Å². The second kappa shape index (κ2) is 8.32. The van der Waals surface area contributed by atoms with E-state index in [1.165, 1.54) is 0 Å². The molecule has 7 nitrogen and oxygen atoms in total. The van der Waals surface area contributed by atoms with E-state index in [0.717, 1.165) is 11.6 Å². The molecule has 0 fully saturated rings. The Morgan fingerprint density at radius 1 is 1.36 bits per heavy atom. The Hall–Kier alpha value is -2.83. The van der Waals surface area contributed by atoms with E-state index in [1.54, 1.807) is 0 Å². The zero-order chi connectivity index (χ0) is 18.4. The first-order chi connectivity index (χ1) is 11.8. The van der Waals surface area contributed by atoms with Gasteiger partial charge in [0.05, 0.1) is 6.07 Å². The first kappa shape index (κ1) is 18.5. The zero-order valence-electron chi connectivity index (χ0n) is 14.6. The van der Waals surface area contributed by atoms with Crippen molar-refractivity contribution in [2.45, 2.75) is 33.3 Å². The second-order valence-electron chi connectivity index (χ2n) is 6.19. The van der Waals surface area contributed by atoms with Crippen LogP contribution in [0.5, 0.6) is 11.6 Å². The Bertz CT molecular complexity index is 786. The fourth-order valence-corrected chi connectivity index (χ4v) is 2.34. The van der Waals surface area contributed by atoms with Crippen molar-refractivity contribution in [3.8, 4) is 11.6 Å². The van der Waals surface area contributed by atoms with Crippen molar-refractivity contribution in [2.75, 3.05) is 6.54 Å². The van der Waals surface area contributed by atoms with Gasteiger partial charge in [-0.3, -0.25) is 9.59 Å². The number of carbonyl (C=O) groups excluding carboxylic acids is 1. The van der Waals surface area contributed by atoms with E-state index >= 15 is 0 Å². The quantitative estimate of drug-likeness (QED) is 0.706. The van der Waals surface area contributed by atoms with Crippen LogP contribution in [0.1, 0.15) is 25.2 Å². The van der Waals surface area contributed by atoms with Crippen LogP contribution in [0, 0.1) is 12.8 Å². The molecule has 0 unspecified atom stereocenters. The maximum absolute atomic E-state index is 12.4. The van der Waals surface area contributed by atoms with Crippen molar-refractivity contribution in [3.05, 3.63) is 52.1 Å². The molecule has 0 saturated heterocycles. The van der Waals surface area contributed by atoms with Crippen LogP contribution in [0.15, 0.2) is 35.1 Å². The Labute approximate surface area is 146 Å². The molecule has 25 heavy (non-hydrogen) atoms. The third kappa shape index (κ3) is 5.63. The van der Waals surface area contributed by atoms with E-state index in [0.29, 0.717) is 18.0 Å². The molecule has 1 heterocycles. The molecule has 0 saturated carbocycles. The van der Waals surface area contributed by atoms with Crippen molar-refractivity contribution in [1.29, 1.82) is 0 Å². The molecule has 1 amide bonds. The number of H-pyrrole nitrogens is 1. The third-order valence-electron chi connectivity index (χ3n) is 3.55. The molecular weight excluding hydrogens is 322 g/mol. The summed E-state index contributed by atoms with van der Waals surface area (Å²) in [5.41, 5.74) is 0.621. The Morgan fingerprint density at radius 2 is 2.12 bits per heavy atom. The van der Waals surface area contributed by atoms with Gasteiger partial charge in [-0.25, -0.2) is 4.98 Å². The molecule has 0 bridgehead atoms. The molecule has 1 aromatic carbocycles. The number of amides is 1. The van der Waals surface area contributed by atoms with Gasteiger partial charge in [0, 0.05) is 13.0 Å². The monoisotopic (exact) mass is 345 g/mol. The van der Waals surface area contributed by atoms with E-state index in [4.69, 9.17) is 4.74 Å². The highest BCUT2D eigenvalue weighted by Crippen LogP contribution is 2.17. The fourth-order valence-electron chi connectivity index (χ4n) is 2.34. The molecule has 2 rings (SSSR count). The molecular formula is C18H23N3O4. The molecule has 2 aromatic rings. The van der Waals surface area contributed by atoms with Crippen LogP contribution >= 0.6 is 0 Å². The molecule has 134 valence electrons. The summed E-state index contributed by atoms with van der Waals surface area (Å²) in [5, 5.41) is 12.1. The van der Waals surface area contributed by atoms with Crippen molar-refractivity contribution >= 4 is 5.91 Å². The first-order valence-corrected chi connectivity index (χ1v) is 8.15. The van der Waals surface area contributed by atoms with E-state index in [2.05, 4.69) is 15.3 Å². The van der Waals surface area contributed by atoms with Crippen molar-refractivity contribution in [2.24, 2.45) is 5.92 Å². The average molecular weight is 345 g/mol. The number of ether oxygens (including phenoxy) is 1. The van der Waals surface area contributed by atoms with Crippen LogP contribution in [0.25, 0.3) is 0 Å². The van der Waals surface area contributed by atoms with E-state index in [9.17, 15) is 14.7 Å².